The van der Waals surface area contributed by atoms with Crippen molar-refractivity contribution in [2.45, 2.75) is 6.92 Å². The molecule has 126 valence electrons. The average molecular weight is 393 g/mol. The maximum atomic E-state index is 11.7. The van der Waals surface area contributed by atoms with Crippen LogP contribution in [-0.4, -0.2) is 30.4 Å². The largest absolute Gasteiger partial charge is 0.504 e. The number of amides is 1. The fraction of sp³-hybridized carbons (Fsp3) is 0.176. The van der Waals surface area contributed by atoms with Crippen molar-refractivity contribution in [3.05, 3.63) is 52.5 Å². The molecule has 0 aliphatic heterocycles. The molecule has 0 bridgehead atoms. The molecular formula is C17H17BrN2O4. The summed E-state index contributed by atoms with van der Waals surface area (Å²) in [6.07, 6.45) is 1.46. The number of nitrogens with zero attached hydrogens (tertiary/aromatic N) is 1. The van der Waals surface area contributed by atoms with Crippen molar-refractivity contribution in [3.63, 3.8) is 0 Å². The van der Waals surface area contributed by atoms with Gasteiger partial charge >= 0.3 is 0 Å². The molecule has 1 amide bonds. The van der Waals surface area contributed by atoms with Gasteiger partial charge in [-0.3, -0.25) is 4.79 Å². The number of halogens is 1. The third kappa shape index (κ3) is 5.27. The van der Waals surface area contributed by atoms with Gasteiger partial charge in [0.25, 0.3) is 5.91 Å². The smallest absolute Gasteiger partial charge is 0.277 e. The number of rotatable bonds is 7. The second-order valence-electron chi connectivity index (χ2n) is 4.67. The van der Waals surface area contributed by atoms with Gasteiger partial charge in [0.05, 0.1) is 17.3 Å². The lowest BCUT2D eigenvalue weighted by atomic mass is 10.2. The number of aromatic hydroxyl groups is 1. The summed E-state index contributed by atoms with van der Waals surface area (Å²) in [5.41, 5.74) is 3.06. The van der Waals surface area contributed by atoms with Crippen LogP contribution in [0.3, 0.4) is 0 Å². The third-order valence-electron chi connectivity index (χ3n) is 2.88. The summed E-state index contributed by atoms with van der Waals surface area (Å²) < 4.78 is 11.4. The van der Waals surface area contributed by atoms with Crippen molar-refractivity contribution < 1.29 is 19.4 Å². The van der Waals surface area contributed by atoms with Crippen LogP contribution < -0.4 is 14.9 Å². The second kappa shape index (κ2) is 8.93. The summed E-state index contributed by atoms with van der Waals surface area (Å²) in [4.78, 5) is 11.7. The summed E-state index contributed by atoms with van der Waals surface area (Å²) in [6, 6.07) is 12.0. The van der Waals surface area contributed by atoms with Crippen LogP contribution in [0.25, 0.3) is 0 Å². The van der Waals surface area contributed by atoms with E-state index in [4.69, 9.17) is 9.47 Å². The Bertz CT molecular complexity index is 734. The molecule has 0 aliphatic carbocycles. The molecule has 2 rings (SSSR count). The van der Waals surface area contributed by atoms with E-state index in [1.165, 1.54) is 12.3 Å². The lowest BCUT2D eigenvalue weighted by Gasteiger charge is -2.07. The molecule has 7 heteroatoms. The molecule has 6 nitrogen and oxygen atoms in total. The number of hydrazone groups is 1. The first-order valence-corrected chi connectivity index (χ1v) is 8.04. The lowest BCUT2D eigenvalue weighted by Crippen LogP contribution is -2.24. The molecule has 0 radical (unpaired) electrons. The molecule has 24 heavy (non-hydrogen) atoms. The molecule has 0 spiro atoms. The summed E-state index contributed by atoms with van der Waals surface area (Å²) in [6.45, 7) is 2.11. The third-order valence-corrected chi connectivity index (χ3v) is 3.54. The van der Waals surface area contributed by atoms with Crippen LogP contribution in [0.2, 0.25) is 0 Å². The fourth-order valence-corrected chi connectivity index (χ4v) is 2.20. The predicted molar refractivity (Wildman–Crippen MR) is 94.6 cm³/mol. The van der Waals surface area contributed by atoms with Crippen LogP contribution in [0.1, 0.15) is 12.5 Å². The Kier molecular flexibility index (Phi) is 6.62. The Labute approximate surface area is 148 Å². The molecule has 0 saturated carbocycles. The number of hydrogen-bond donors (Lipinski definition) is 2. The van der Waals surface area contributed by atoms with Crippen LogP contribution in [0.15, 0.2) is 52.0 Å². The zero-order valence-corrected chi connectivity index (χ0v) is 14.6. The molecule has 0 atom stereocenters. The molecule has 0 aromatic heterocycles. The molecular weight excluding hydrogens is 376 g/mol. The van der Waals surface area contributed by atoms with Crippen molar-refractivity contribution in [1.29, 1.82) is 0 Å². The van der Waals surface area contributed by atoms with Crippen LogP contribution in [0, 0.1) is 0 Å². The number of phenols is 1. The number of ether oxygens (including phenoxy) is 2. The number of carbonyl (C=O) groups excluding carboxylic acids is 1. The highest BCUT2D eigenvalue weighted by molar-refractivity contribution is 9.10. The molecule has 0 heterocycles. The van der Waals surface area contributed by atoms with E-state index < -0.39 is 0 Å². The Morgan fingerprint density at radius 3 is 2.79 bits per heavy atom. The van der Waals surface area contributed by atoms with E-state index in [0.717, 1.165) is 4.47 Å². The molecule has 0 aliphatic rings. The Hall–Kier alpha value is -2.54. The minimum Gasteiger partial charge on any atom is -0.504 e. The Morgan fingerprint density at radius 1 is 1.25 bits per heavy atom. The highest BCUT2D eigenvalue weighted by atomic mass is 79.9. The number of phenolic OH excluding ortho intramolecular Hbond substituents is 1. The van der Waals surface area contributed by atoms with Crippen LogP contribution >= 0.6 is 15.9 Å². The number of benzene rings is 2. The average Bonchev–Trinajstić information content (AvgIpc) is 2.57. The minimum absolute atomic E-state index is 0.0554. The molecule has 2 aromatic carbocycles. The molecule has 2 N–H and O–H groups in total. The van der Waals surface area contributed by atoms with E-state index in [-0.39, 0.29) is 18.3 Å². The number of nitrogens with one attached hydrogen (secondary N) is 1. The van der Waals surface area contributed by atoms with Gasteiger partial charge in [0.2, 0.25) is 0 Å². The minimum atomic E-state index is -0.384. The van der Waals surface area contributed by atoms with Crippen molar-refractivity contribution in [1.82, 2.24) is 5.43 Å². The highest BCUT2D eigenvalue weighted by Gasteiger charge is 2.05. The van der Waals surface area contributed by atoms with Crippen molar-refractivity contribution >= 4 is 28.1 Å². The first-order valence-electron chi connectivity index (χ1n) is 7.25. The maximum Gasteiger partial charge on any atom is 0.277 e. The summed E-state index contributed by atoms with van der Waals surface area (Å²) in [5.74, 6) is 0.618. The number of carbonyl (C=O) groups is 1. The Morgan fingerprint density at radius 2 is 2.04 bits per heavy atom. The zero-order chi connectivity index (χ0) is 17.4. The van der Waals surface area contributed by atoms with Gasteiger partial charge in [-0.1, -0.05) is 12.1 Å². The zero-order valence-electron chi connectivity index (χ0n) is 13.0. The van der Waals surface area contributed by atoms with E-state index in [2.05, 4.69) is 26.5 Å². The topological polar surface area (TPSA) is 80.2 Å². The van der Waals surface area contributed by atoms with Gasteiger partial charge in [0.1, 0.15) is 5.75 Å². The van der Waals surface area contributed by atoms with Gasteiger partial charge in [-0.05, 0) is 58.7 Å². The summed E-state index contributed by atoms with van der Waals surface area (Å²) in [7, 11) is 0. The van der Waals surface area contributed by atoms with E-state index in [9.17, 15) is 9.90 Å². The SMILES string of the molecule is CCOc1cc(/C=N/NC(=O)COc2ccccc2Br)ccc1O. The van der Waals surface area contributed by atoms with Gasteiger partial charge in [-0.2, -0.15) is 5.10 Å². The molecule has 0 saturated heterocycles. The first-order chi connectivity index (χ1) is 11.6. The van der Waals surface area contributed by atoms with E-state index in [1.54, 1.807) is 18.2 Å². The van der Waals surface area contributed by atoms with Gasteiger partial charge in [-0.25, -0.2) is 5.43 Å². The van der Waals surface area contributed by atoms with Crippen LogP contribution in [-0.2, 0) is 4.79 Å². The van der Waals surface area contributed by atoms with E-state index in [1.807, 2.05) is 25.1 Å². The normalized spacial score (nSPS) is 10.6. The number of para-hydroxylation sites is 1. The molecule has 2 aromatic rings. The summed E-state index contributed by atoms with van der Waals surface area (Å²) in [5, 5.41) is 13.5. The van der Waals surface area contributed by atoms with E-state index in [0.29, 0.717) is 23.7 Å². The van der Waals surface area contributed by atoms with Gasteiger partial charge < -0.3 is 14.6 Å². The van der Waals surface area contributed by atoms with E-state index >= 15 is 0 Å². The van der Waals surface area contributed by atoms with Crippen LogP contribution in [0.5, 0.6) is 17.2 Å². The second-order valence-corrected chi connectivity index (χ2v) is 5.53. The first kappa shape index (κ1) is 17.8. The Balaban J connectivity index is 1.86. The van der Waals surface area contributed by atoms with Gasteiger partial charge in [0, 0.05) is 0 Å². The van der Waals surface area contributed by atoms with Crippen molar-refractivity contribution in [3.8, 4) is 17.2 Å². The monoisotopic (exact) mass is 392 g/mol. The molecule has 0 fully saturated rings. The predicted octanol–water partition coefficient (Wildman–Crippen LogP) is 3.08. The quantitative estimate of drug-likeness (QED) is 0.560. The summed E-state index contributed by atoms with van der Waals surface area (Å²) >= 11 is 3.34. The highest BCUT2D eigenvalue weighted by Crippen LogP contribution is 2.26. The standard InChI is InChI=1S/C17H17BrN2O4/c1-2-23-16-9-12(7-8-14(16)21)10-19-20-17(22)11-24-15-6-4-3-5-13(15)18/h3-10,21H,2,11H2,1H3,(H,20,22)/b19-10+. The fourth-order valence-electron chi connectivity index (χ4n) is 1.80. The maximum absolute atomic E-state index is 11.7. The van der Waals surface area contributed by atoms with Gasteiger partial charge in [-0.15, -0.1) is 0 Å². The molecule has 0 unspecified atom stereocenters. The number of hydrogen-bond acceptors (Lipinski definition) is 5. The van der Waals surface area contributed by atoms with Gasteiger partial charge in [0.15, 0.2) is 18.1 Å². The lowest BCUT2D eigenvalue weighted by molar-refractivity contribution is -0.123. The van der Waals surface area contributed by atoms with Crippen molar-refractivity contribution in [2.75, 3.05) is 13.2 Å². The van der Waals surface area contributed by atoms with Crippen molar-refractivity contribution in [2.24, 2.45) is 5.10 Å². The van der Waals surface area contributed by atoms with Crippen LogP contribution in [0.4, 0.5) is 0 Å².